The number of fused-ring (bicyclic) bond motifs is 1. The Labute approximate surface area is 117 Å². The van der Waals surface area contributed by atoms with Crippen molar-refractivity contribution in [3.8, 4) is 0 Å². The van der Waals surface area contributed by atoms with Gasteiger partial charge in [0.15, 0.2) is 0 Å². The summed E-state index contributed by atoms with van der Waals surface area (Å²) < 4.78 is 0. The zero-order valence-corrected chi connectivity index (χ0v) is 11.6. The second-order valence-electron chi connectivity index (χ2n) is 5.73. The third kappa shape index (κ3) is 2.54. The monoisotopic (exact) mass is 272 g/mol. The molecule has 20 heavy (non-hydrogen) atoms. The number of carbonyl (C=O) groups is 1. The SMILES string of the molecule is Cc1cc2cn[nH]c2cc1NC(=O)C[C@@H]1CCC[C@H]1N. The van der Waals surface area contributed by atoms with Crippen molar-refractivity contribution in [2.24, 2.45) is 11.7 Å². The Hall–Kier alpha value is -1.88. The Bertz CT molecular complexity index is 634. The predicted octanol–water partition coefficient (Wildman–Crippen LogP) is 2.33. The van der Waals surface area contributed by atoms with Gasteiger partial charge in [-0.2, -0.15) is 5.10 Å². The molecular weight excluding hydrogens is 252 g/mol. The van der Waals surface area contributed by atoms with Crippen LogP contribution in [0.1, 0.15) is 31.2 Å². The minimum Gasteiger partial charge on any atom is -0.327 e. The van der Waals surface area contributed by atoms with E-state index >= 15 is 0 Å². The van der Waals surface area contributed by atoms with Crippen LogP contribution in [0.4, 0.5) is 5.69 Å². The predicted molar refractivity (Wildman–Crippen MR) is 79.4 cm³/mol. The van der Waals surface area contributed by atoms with Crippen molar-refractivity contribution in [2.75, 3.05) is 5.32 Å². The minimum absolute atomic E-state index is 0.0503. The molecule has 5 nitrogen and oxygen atoms in total. The van der Waals surface area contributed by atoms with Gasteiger partial charge >= 0.3 is 0 Å². The topological polar surface area (TPSA) is 83.8 Å². The number of H-pyrrole nitrogens is 1. The molecule has 1 heterocycles. The first-order valence-corrected chi connectivity index (χ1v) is 7.12. The number of rotatable bonds is 3. The maximum absolute atomic E-state index is 12.1. The van der Waals surface area contributed by atoms with E-state index in [-0.39, 0.29) is 11.9 Å². The second kappa shape index (κ2) is 5.25. The highest BCUT2D eigenvalue weighted by Gasteiger charge is 2.26. The van der Waals surface area contributed by atoms with Gasteiger partial charge in [-0.25, -0.2) is 0 Å². The number of benzene rings is 1. The zero-order chi connectivity index (χ0) is 14.1. The van der Waals surface area contributed by atoms with E-state index in [0.29, 0.717) is 12.3 Å². The molecule has 1 fully saturated rings. The fourth-order valence-electron chi connectivity index (χ4n) is 3.00. The van der Waals surface area contributed by atoms with Crippen molar-refractivity contribution in [1.29, 1.82) is 0 Å². The van der Waals surface area contributed by atoms with Crippen LogP contribution in [-0.4, -0.2) is 22.1 Å². The Kier molecular flexibility index (Phi) is 3.44. The Morgan fingerprint density at radius 2 is 2.35 bits per heavy atom. The molecule has 3 rings (SSSR count). The standard InChI is InChI=1S/C15H20N4O/c1-9-5-11-8-17-19-14(11)7-13(9)18-15(20)6-10-3-2-4-12(10)16/h5,7-8,10,12H,2-4,6,16H2,1H3,(H,17,19)(H,18,20)/t10-,12+/m0/s1. The van der Waals surface area contributed by atoms with Crippen molar-refractivity contribution in [3.63, 3.8) is 0 Å². The number of carbonyl (C=O) groups excluding carboxylic acids is 1. The van der Waals surface area contributed by atoms with E-state index in [1.807, 2.05) is 19.1 Å². The highest BCUT2D eigenvalue weighted by Crippen LogP contribution is 2.28. The molecule has 1 aliphatic carbocycles. The summed E-state index contributed by atoms with van der Waals surface area (Å²) in [6.45, 7) is 1.99. The maximum atomic E-state index is 12.1. The van der Waals surface area contributed by atoms with Crippen LogP contribution in [0.25, 0.3) is 10.9 Å². The average molecular weight is 272 g/mol. The highest BCUT2D eigenvalue weighted by molar-refractivity contribution is 5.94. The van der Waals surface area contributed by atoms with Crippen LogP contribution in [-0.2, 0) is 4.79 Å². The van der Waals surface area contributed by atoms with Crippen molar-refractivity contribution < 1.29 is 4.79 Å². The lowest BCUT2D eigenvalue weighted by molar-refractivity contribution is -0.117. The van der Waals surface area contributed by atoms with Crippen LogP contribution in [0.15, 0.2) is 18.3 Å². The number of aromatic nitrogens is 2. The summed E-state index contributed by atoms with van der Waals surface area (Å²) in [5, 5.41) is 11.0. The van der Waals surface area contributed by atoms with Gasteiger partial charge in [0.25, 0.3) is 0 Å². The van der Waals surface area contributed by atoms with Gasteiger partial charge in [0.2, 0.25) is 5.91 Å². The van der Waals surface area contributed by atoms with Gasteiger partial charge in [0.1, 0.15) is 0 Å². The van der Waals surface area contributed by atoms with Crippen molar-refractivity contribution in [1.82, 2.24) is 10.2 Å². The number of nitrogens with two attached hydrogens (primary N) is 1. The third-order valence-electron chi connectivity index (χ3n) is 4.22. The fraction of sp³-hybridized carbons (Fsp3) is 0.467. The van der Waals surface area contributed by atoms with Crippen LogP contribution in [0.3, 0.4) is 0 Å². The fourth-order valence-corrected chi connectivity index (χ4v) is 3.00. The molecule has 1 saturated carbocycles. The number of anilines is 1. The second-order valence-corrected chi connectivity index (χ2v) is 5.73. The molecule has 106 valence electrons. The quantitative estimate of drug-likeness (QED) is 0.801. The molecule has 0 spiro atoms. The summed E-state index contributed by atoms with van der Waals surface area (Å²) in [5.74, 6) is 0.375. The molecule has 1 aliphatic rings. The summed E-state index contributed by atoms with van der Waals surface area (Å²) in [7, 11) is 0. The van der Waals surface area contributed by atoms with E-state index in [0.717, 1.165) is 41.4 Å². The molecule has 1 aromatic heterocycles. The molecule has 1 aromatic carbocycles. The lowest BCUT2D eigenvalue weighted by atomic mass is 9.99. The van der Waals surface area contributed by atoms with E-state index < -0.39 is 0 Å². The summed E-state index contributed by atoms with van der Waals surface area (Å²) >= 11 is 0. The van der Waals surface area contributed by atoms with E-state index in [1.165, 1.54) is 0 Å². The van der Waals surface area contributed by atoms with Gasteiger partial charge in [0.05, 0.1) is 11.7 Å². The number of aryl methyl sites for hydroxylation is 1. The Morgan fingerprint density at radius 1 is 1.50 bits per heavy atom. The van der Waals surface area contributed by atoms with Gasteiger partial charge in [-0.05, 0) is 43.4 Å². The number of hydrogen-bond donors (Lipinski definition) is 3. The Morgan fingerprint density at radius 3 is 3.10 bits per heavy atom. The van der Waals surface area contributed by atoms with Crippen molar-refractivity contribution in [3.05, 3.63) is 23.9 Å². The lowest BCUT2D eigenvalue weighted by Crippen LogP contribution is -2.28. The number of nitrogens with zero attached hydrogens (tertiary/aromatic N) is 1. The van der Waals surface area contributed by atoms with Crippen molar-refractivity contribution in [2.45, 2.75) is 38.6 Å². The van der Waals surface area contributed by atoms with Crippen LogP contribution >= 0.6 is 0 Å². The van der Waals surface area contributed by atoms with Gasteiger partial charge in [-0.1, -0.05) is 6.42 Å². The van der Waals surface area contributed by atoms with E-state index in [4.69, 9.17) is 5.73 Å². The first-order valence-electron chi connectivity index (χ1n) is 7.12. The average Bonchev–Trinajstić information content (AvgIpc) is 2.99. The van der Waals surface area contributed by atoms with Gasteiger partial charge in [-0.3, -0.25) is 9.89 Å². The van der Waals surface area contributed by atoms with Crippen LogP contribution in [0.2, 0.25) is 0 Å². The van der Waals surface area contributed by atoms with Crippen molar-refractivity contribution >= 4 is 22.5 Å². The number of hydrogen-bond acceptors (Lipinski definition) is 3. The lowest BCUT2D eigenvalue weighted by Gasteiger charge is -2.15. The maximum Gasteiger partial charge on any atom is 0.224 e. The number of nitrogens with one attached hydrogen (secondary N) is 2. The molecule has 5 heteroatoms. The normalized spacial score (nSPS) is 22.3. The highest BCUT2D eigenvalue weighted by atomic mass is 16.1. The minimum atomic E-state index is 0.0503. The molecule has 4 N–H and O–H groups in total. The first kappa shape index (κ1) is 13.1. The summed E-state index contributed by atoms with van der Waals surface area (Å²) in [5.41, 5.74) is 8.84. The molecule has 0 bridgehead atoms. The van der Waals surface area contributed by atoms with E-state index in [1.54, 1.807) is 6.20 Å². The third-order valence-corrected chi connectivity index (χ3v) is 4.22. The van der Waals surface area contributed by atoms with Crippen LogP contribution < -0.4 is 11.1 Å². The van der Waals surface area contributed by atoms with Gasteiger partial charge in [0, 0.05) is 23.5 Å². The smallest absolute Gasteiger partial charge is 0.224 e. The molecule has 0 unspecified atom stereocenters. The largest absolute Gasteiger partial charge is 0.327 e. The van der Waals surface area contributed by atoms with Gasteiger partial charge in [-0.15, -0.1) is 0 Å². The van der Waals surface area contributed by atoms with Crippen LogP contribution in [0.5, 0.6) is 0 Å². The molecule has 0 radical (unpaired) electrons. The molecular formula is C15H20N4O. The number of amides is 1. The first-order chi connectivity index (χ1) is 9.63. The molecule has 2 aromatic rings. The summed E-state index contributed by atoms with van der Waals surface area (Å²) in [6, 6.07) is 4.14. The zero-order valence-electron chi connectivity index (χ0n) is 11.6. The Balaban J connectivity index is 1.71. The summed E-state index contributed by atoms with van der Waals surface area (Å²) in [4.78, 5) is 12.1. The van der Waals surface area contributed by atoms with E-state index in [9.17, 15) is 4.79 Å². The molecule has 0 aliphatic heterocycles. The number of aromatic amines is 1. The molecule has 2 atom stereocenters. The van der Waals surface area contributed by atoms with Crippen LogP contribution in [0, 0.1) is 12.8 Å². The van der Waals surface area contributed by atoms with Gasteiger partial charge < -0.3 is 11.1 Å². The molecule has 0 saturated heterocycles. The van der Waals surface area contributed by atoms with E-state index in [2.05, 4.69) is 15.5 Å². The summed E-state index contributed by atoms with van der Waals surface area (Å²) in [6.07, 6.45) is 5.54. The molecule has 1 amide bonds.